The molecule has 0 aromatic heterocycles. The van der Waals surface area contributed by atoms with E-state index in [0.29, 0.717) is 71.7 Å². The Labute approximate surface area is 894 Å². The van der Waals surface area contributed by atoms with E-state index in [1.807, 2.05) is 249 Å². The number of hydrogen-bond donors (Lipinski definition) is 3. The second kappa shape index (κ2) is 80.0. The van der Waals surface area contributed by atoms with Crippen LogP contribution in [0, 0.1) is 68.5 Å². The average molecular weight is 2070 g/mol. The molecular formula is C120H253N3O21. The van der Waals surface area contributed by atoms with Crippen LogP contribution in [0.15, 0.2) is 0 Å². The van der Waals surface area contributed by atoms with Gasteiger partial charge in [-0.25, -0.2) is 0 Å². The van der Waals surface area contributed by atoms with Gasteiger partial charge in [0.05, 0.1) is 80.9 Å². The van der Waals surface area contributed by atoms with Crippen LogP contribution < -0.4 is 16.4 Å². The molecule has 0 rings (SSSR count). The molecule has 0 saturated carbocycles. The summed E-state index contributed by atoms with van der Waals surface area (Å²) in [6.07, 6.45) is 7.06. The van der Waals surface area contributed by atoms with Gasteiger partial charge in [0.25, 0.3) is 0 Å². The molecule has 0 saturated heterocycles. The van der Waals surface area contributed by atoms with Gasteiger partial charge >= 0.3 is 29.8 Å². The van der Waals surface area contributed by atoms with Crippen molar-refractivity contribution in [1.29, 1.82) is 0 Å². The largest absolute Gasteiger partial charge is 0.464 e. The summed E-state index contributed by atoms with van der Waals surface area (Å²) in [7, 11) is 0. The van der Waals surface area contributed by atoms with Crippen LogP contribution in [-0.2, 0) is 99.9 Å². The lowest BCUT2D eigenvalue weighted by Crippen LogP contribution is -2.38. The van der Waals surface area contributed by atoms with Gasteiger partial charge in [0.1, 0.15) is 48.0 Å². The first-order valence-electron chi connectivity index (χ1n) is 54.1. The molecule has 0 bridgehead atoms. The summed E-state index contributed by atoms with van der Waals surface area (Å²) in [5.41, 5.74) is 4.29. The van der Waals surface area contributed by atoms with E-state index in [1.54, 1.807) is 76.2 Å². The highest BCUT2D eigenvalue weighted by molar-refractivity contribution is 5.89. The Morgan fingerprint density at radius 3 is 0.882 bits per heavy atom. The molecule has 144 heavy (non-hydrogen) atoms. The minimum atomic E-state index is -0.795. The summed E-state index contributed by atoms with van der Waals surface area (Å²) in [6, 6.07) is -0.329. The molecule has 0 amide bonds. The fourth-order valence-corrected chi connectivity index (χ4v) is 10.5. The Balaban J connectivity index is -0.000000118. The van der Waals surface area contributed by atoms with Crippen LogP contribution in [0.5, 0.6) is 0 Å². The molecule has 24 nitrogen and oxygen atoms in total. The molecule has 0 spiro atoms. The number of nitrogens with one attached hydrogen (secondary N) is 2. The van der Waals surface area contributed by atoms with Crippen LogP contribution in [0.1, 0.15) is 530 Å². The number of carbonyl (C=O) groups excluding carboxylic acids is 8. The summed E-state index contributed by atoms with van der Waals surface area (Å²) in [5.74, 6) is 0.601. The number of ether oxygens (including phenoxy) is 13. The molecule has 0 aliphatic carbocycles. The summed E-state index contributed by atoms with van der Waals surface area (Å²) >= 11 is 0. The van der Waals surface area contributed by atoms with E-state index in [2.05, 4.69) is 175 Å². The third-order valence-electron chi connectivity index (χ3n) is 16.6. The van der Waals surface area contributed by atoms with E-state index in [9.17, 15) is 38.4 Å². The van der Waals surface area contributed by atoms with Gasteiger partial charge in [0.15, 0.2) is 12.6 Å². The molecule has 2 unspecified atom stereocenters. The maximum absolute atomic E-state index is 11.6. The molecule has 24 heteroatoms. The highest BCUT2D eigenvalue weighted by Gasteiger charge is 2.33. The topological polar surface area (TPSA) is 307 Å². The number of ketones is 3. The SMILES string of the molecule is CC(C)(C)C(=O)C(C)(C)C.CC(C)(C)CCCNC(C)(C)C.CC(C)(C)CCCOC(C)(C)C.CC(C)(C)OC(=O)CCC(N)C(=O)OC(C)(C)C.CC(C)(C)OC(C)(C)C.CC(C)(C)OCOC(C)(C)C.CC(C)C(=O)C(C)C.CC(C)C(=O)OC(=O)C(C)(C)C.CC(C)C(=O)OCCNC(C)C(C)C.CC(C)CC(=O)C(C)C.CC(C)OC(C)C.CC(C)OC(C)OC(C)C.CC(OC(C)(C)C)OC(C)(C)C. The van der Waals surface area contributed by atoms with Crippen LogP contribution in [0.25, 0.3) is 0 Å². The normalized spacial score (nSPS) is 12.9. The van der Waals surface area contributed by atoms with Gasteiger partial charge in [0.2, 0.25) is 0 Å². The van der Waals surface area contributed by atoms with Crippen LogP contribution in [0.4, 0.5) is 0 Å². The van der Waals surface area contributed by atoms with Crippen molar-refractivity contribution in [3.05, 3.63) is 0 Å². The van der Waals surface area contributed by atoms with Crippen LogP contribution in [0.2, 0.25) is 0 Å². The molecule has 0 aromatic carbocycles. The van der Waals surface area contributed by atoms with Crippen molar-refractivity contribution in [2.24, 2.45) is 74.2 Å². The third-order valence-corrected chi connectivity index (χ3v) is 16.6. The predicted molar refractivity (Wildman–Crippen MR) is 613 cm³/mol. The second-order valence-electron chi connectivity index (χ2n) is 56.1. The van der Waals surface area contributed by atoms with Crippen molar-refractivity contribution in [3.8, 4) is 0 Å². The minimum absolute atomic E-state index is 0.0156. The van der Waals surface area contributed by atoms with Crippen molar-refractivity contribution in [2.45, 2.75) is 635 Å². The zero-order chi connectivity index (χ0) is 119. The number of Topliss-reactive ketones (excluding diaryl/α,β-unsaturated/α-hetero) is 3. The lowest BCUT2D eigenvalue weighted by molar-refractivity contribution is -0.224. The quantitative estimate of drug-likeness (QED) is 0.0185. The van der Waals surface area contributed by atoms with E-state index in [-0.39, 0.29) is 135 Å². The van der Waals surface area contributed by atoms with E-state index >= 15 is 0 Å². The fourth-order valence-electron chi connectivity index (χ4n) is 10.5. The van der Waals surface area contributed by atoms with Crippen LogP contribution in [0.3, 0.4) is 0 Å². The first kappa shape index (κ1) is 168. The minimum Gasteiger partial charge on any atom is -0.464 e. The van der Waals surface area contributed by atoms with Gasteiger partial charge in [-0.3, -0.25) is 38.4 Å². The molecule has 0 radical (unpaired) electrons. The molecule has 0 fully saturated rings. The third kappa shape index (κ3) is 163. The van der Waals surface area contributed by atoms with Gasteiger partial charge in [0, 0.05) is 66.2 Å². The highest BCUT2D eigenvalue weighted by Crippen LogP contribution is 2.29. The Bertz CT molecular complexity index is 3000. The summed E-state index contributed by atoms with van der Waals surface area (Å²) < 4.78 is 69.0. The number of rotatable bonds is 32. The smallest absolute Gasteiger partial charge is 0.323 e. The Hall–Kier alpha value is -3.92. The fraction of sp³-hybridized carbons (Fsp3) is 0.933. The number of esters is 5. The van der Waals surface area contributed by atoms with E-state index in [0.717, 1.165) is 26.1 Å². The lowest BCUT2D eigenvalue weighted by Gasteiger charge is -2.30. The zero-order valence-electron chi connectivity index (χ0n) is 109. The molecule has 0 aliphatic heterocycles. The molecular weight excluding hydrogens is 1820 g/mol. The van der Waals surface area contributed by atoms with Crippen molar-refractivity contribution >= 4 is 47.2 Å². The van der Waals surface area contributed by atoms with Crippen molar-refractivity contribution in [1.82, 2.24) is 10.6 Å². The van der Waals surface area contributed by atoms with E-state index < -0.39 is 40.6 Å². The monoisotopic (exact) mass is 2070 g/mol. The summed E-state index contributed by atoms with van der Waals surface area (Å²) in [5, 5.41) is 6.79. The Kier molecular flexibility index (Phi) is 93.2. The Morgan fingerprint density at radius 1 is 0.326 bits per heavy atom. The first-order chi connectivity index (χ1) is 62.9. The molecule has 4 N–H and O–H groups in total. The van der Waals surface area contributed by atoms with Gasteiger partial charge in [-0.15, -0.1) is 0 Å². The second-order valence-corrected chi connectivity index (χ2v) is 56.1. The Morgan fingerprint density at radius 2 is 0.667 bits per heavy atom. The van der Waals surface area contributed by atoms with Crippen LogP contribution >= 0.6 is 0 Å². The number of hydrogen-bond acceptors (Lipinski definition) is 24. The maximum atomic E-state index is 11.6. The molecule has 874 valence electrons. The maximum Gasteiger partial charge on any atom is 0.323 e. The summed E-state index contributed by atoms with van der Waals surface area (Å²) in [4.78, 5) is 89.4. The number of nitrogens with two attached hydrogens (primary N) is 1. The van der Waals surface area contributed by atoms with Gasteiger partial charge < -0.3 is 77.9 Å². The molecule has 2 atom stereocenters. The molecule has 0 aromatic rings. The lowest BCUT2D eigenvalue weighted by atomic mass is 9.76. The molecule has 0 heterocycles. The highest BCUT2D eigenvalue weighted by atomic mass is 16.7. The van der Waals surface area contributed by atoms with Crippen molar-refractivity contribution in [3.63, 3.8) is 0 Å². The van der Waals surface area contributed by atoms with Gasteiger partial charge in [-0.1, -0.05) is 180 Å². The van der Waals surface area contributed by atoms with Crippen molar-refractivity contribution in [2.75, 3.05) is 33.1 Å². The van der Waals surface area contributed by atoms with E-state index in [4.69, 9.17) is 62.6 Å². The van der Waals surface area contributed by atoms with Gasteiger partial charge in [-0.2, -0.15) is 0 Å². The summed E-state index contributed by atoms with van der Waals surface area (Å²) in [6.45, 7) is 144. The molecule has 0 aliphatic rings. The predicted octanol–water partition coefficient (Wildman–Crippen LogP) is 31.1. The zero-order valence-corrected chi connectivity index (χ0v) is 109. The first-order valence-corrected chi connectivity index (χ1v) is 54.1. The van der Waals surface area contributed by atoms with Crippen LogP contribution in [-0.4, -0.2) is 185 Å². The average Bonchev–Trinajstić information content (AvgIpc) is 0.849. The van der Waals surface area contributed by atoms with Gasteiger partial charge in [-0.05, 0) is 366 Å². The van der Waals surface area contributed by atoms with E-state index in [1.165, 1.54) is 25.7 Å². The standard InChI is InChI=1S/C13H25NO4.C11H23NO2.C11H25N.C11H24O.C10H22O2.C9H16O3.C9H20O2.C9H18O.C8H18O2.C8H18O.C8H16O.C7H14O.C6H14O/c1-12(2,3)17-10(15)8-7-9(14)11(16)18-13(4,5)6;1-8(2)10(5)12-6-7-14-11(13)9(3)4;2*1-10(2,3)8-7-9-12-11(4,5)6;1-8(11-9(2,3)4)12-10(5,6)7;1-6(2)7(10)12-8(11)9(3,4)5;1-8(2,3)10-7-11-9(4,5)6;1-8(2,3)7(10)9(4,5)6;1-6(2)9-8(5)10-7(3)4;1-7(2,3)9-8(4,5)6;1-6(2)5-8(9)7(3)4;1-5(2)7(8)6(3)4;1-5(2)7-6(3)4/h9H,7-8,14H2,1-6H3;8-10,12H,6-7H2,1-5H3;12H,7-9H2,1-6H3;7-9H2,1-6H3;8H,1-7H3;6H,1-5H3;7H2,1-6H3;1-6H3;6-8H,1-5H3;1-6H3;6-7H,5H2,1-4H3;5-6H,1-4H3;5-6H,1-4H3. The van der Waals surface area contributed by atoms with Crippen molar-refractivity contribution < 1.29 is 99.9 Å². The number of carbonyl (C=O) groups is 8.